The van der Waals surface area contributed by atoms with Gasteiger partial charge in [0.1, 0.15) is 0 Å². The topological polar surface area (TPSA) is 69.9 Å². The number of nitrogens with two attached hydrogens (primary N) is 1. The van der Waals surface area contributed by atoms with Gasteiger partial charge in [-0.1, -0.05) is 37.3 Å². The van der Waals surface area contributed by atoms with Crippen molar-refractivity contribution in [1.29, 1.82) is 0 Å². The van der Waals surface area contributed by atoms with Crippen LogP contribution >= 0.6 is 0 Å². The quantitative estimate of drug-likeness (QED) is 0.864. The predicted octanol–water partition coefficient (Wildman–Crippen LogP) is 2.54. The fourth-order valence-electron chi connectivity index (χ4n) is 4.48. The maximum atomic E-state index is 13.0. The van der Waals surface area contributed by atoms with Crippen LogP contribution in [0.2, 0.25) is 0 Å². The van der Waals surface area contributed by atoms with E-state index in [1.165, 1.54) is 0 Å². The van der Waals surface area contributed by atoms with Gasteiger partial charge < -0.3 is 20.4 Å². The molecule has 28 heavy (non-hydrogen) atoms. The zero-order valence-electron chi connectivity index (χ0n) is 17.2. The van der Waals surface area contributed by atoms with Crippen LogP contribution in [0, 0.1) is 11.8 Å². The second-order valence-electron chi connectivity index (χ2n) is 8.44. The Morgan fingerprint density at radius 1 is 1.11 bits per heavy atom. The van der Waals surface area contributed by atoms with Crippen molar-refractivity contribution in [3.05, 3.63) is 35.9 Å². The minimum atomic E-state index is 0.0194. The van der Waals surface area contributed by atoms with Crippen molar-refractivity contribution in [2.24, 2.45) is 17.6 Å². The standard InChI is InChI=1S/C22H34N4O2/c1-17-8-13-26(20(14-17)15-23)21(27)19-9-11-25(12-10-19)22(28)24(2)16-18-6-4-3-5-7-18/h3-7,17,19-20H,8-16,23H2,1-2H3. The number of piperidine rings is 2. The molecule has 0 saturated carbocycles. The van der Waals surface area contributed by atoms with Crippen molar-refractivity contribution in [3.8, 4) is 0 Å². The average molecular weight is 387 g/mol. The van der Waals surface area contributed by atoms with Crippen LogP contribution in [-0.2, 0) is 11.3 Å². The lowest BCUT2D eigenvalue weighted by Gasteiger charge is -2.41. The third-order valence-corrected chi connectivity index (χ3v) is 6.24. The molecule has 2 aliphatic heterocycles. The molecule has 6 heteroatoms. The number of benzene rings is 1. The van der Waals surface area contributed by atoms with E-state index in [1.54, 1.807) is 4.90 Å². The molecule has 2 unspecified atom stereocenters. The smallest absolute Gasteiger partial charge is 0.320 e. The summed E-state index contributed by atoms with van der Waals surface area (Å²) in [4.78, 5) is 31.4. The van der Waals surface area contributed by atoms with Gasteiger partial charge >= 0.3 is 6.03 Å². The molecule has 1 aromatic rings. The summed E-state index contributed by atoms with van der Waals surface area (Å²) < 4.78 is 0. The Morgan fingerprint density at radius 3 is 2.43 bits per heavy atom. The lowest BCUT2D eigenvalue weighted by molar-refractivity contribution is -0.141. The van der Waals surface area contributed by atoms with Crippen molar-refractivity contribution >= 4 is 11.9 Å². The van der Waals surface area contributed by atoms with Gasteiger partial charge in [-0.3, -0.25) is 4.79 Å². The third kappa shape index (κ3) is 4.85. The van der Waals surface area contributed by atoms with Crippen LogP contribution in [-0.4, -0.2) is 65.9 Å². The van der Waals surface area contributed by atoms with Gasteiger partial charge in [0.05, 0.1) is 0 Å². The lowest BCUT2D eigenvalue weighted by Crippen LogP contribution is -2.53. The molecule has 1 aromatic carbocycles. The third-order valence-electron chi connectivity index (χ3n) is 6.24. The van der Waals surface area contributed by atoms with Gasteiger partial charge in [0.15, 0.2) is 0 Å². The van der Waals surface area contributed by atoms with Gasteiger partial charge in [-0.05, 0) is 37.2 Å². The van der Waals surface area contributed by atoms with E-state index in [9.17, 15) is 9.59 Å². The Bertz CT molecular complexity index is 658. The SMILES string of the molecule is CC1CCN(C(=O)C2CCN(C(=O)N(C)Cc3ccccc3)CC2)C(CN)C1. The molecule has 154 valence electrons. The highest BCUT2D eigenvalue weighted by molar-refractivity contribution is 5.80. The summed E-state index contributed by atoms with van der Waals surface area (Å²) in [6.07, 6.45) is 3.55. The number of urea groups is 1. The van der Waals surface area contributed by atoms with E-state index < -0.39 is 0 Å². The van der Waals surface area contributed by atoms with Gasteiger partial charge in [0.2, 0.25) is 5.91 Å². The van der Waals surface area contributed by atoms with Crippen molar-refractivity contribution in [2.75, 3.05) is 33.2 Å². The first kappa shape index (κ1) is 20.6. The molecular formula is C22H34N4O2. The van der Waals surface area contributed by atoms with Gasteiger partial charge in [-0.25, -0.2) is 4.79 Å². The van der Waals surface area contributed by atoms with E-state index in [-0.39, 0.29) is 23.9 Å². The van der Waals surface area contributed by atoms with Crippen LogP contribution in [0.1, 0.15) is 38.2 Å². The van der Waals surface area contributed by atoms with Crippen molar-refractivity contribution in [3.63, 3.8) is 0 Å². The van der Waals surface area contributed by atoms with Crippen LogP contribution in [0.5, 0.6) is 0 Å². The molecular weight excluding hydrogens is 352 g/mol. The number of hydrogen-bond acceptors (Lipinski definition) is 3. The van der Waals surface area contributed by atoms with Crippen LogP contribution in [0.25, 0.3) is 0 Å². The van der Waals surface area contributed by atoms with E-state index >= 15 is 0 Å². The molecule has 6 nitrogen and oxygen atoms in total. The first-order valence-corrected chi connectivity index (χ1v) is 10.5. The Hall–Kier alpha value is -2.08. The summed E-state index contributed by atoms with van der Waals surface area (Å²) >= 11 is 0. The summed E-state index contributed by atoms with van der Waals surface area (Å²) in [6, 6.07) is 10.2. The Kier molecular flexibility index (Phi) is 6.94. The van der Waals surface area contributed by atoms with Crippen molar-refractivity contribution in [1.82, 2.24) is 14.7 Å². The van der Waals surface area contributed by atoms with Crippen LogP contribution in [0.3, 0.4) is 0 Å². The van der Waals surface area contributed by atoms with Crippen LogP contribution in [0.15, 0.2) is 30.3 Å². The molecule has 3 amide bonds. The second-order valence-corrected chi connectivity index (χ2v) is 8.44. The molecule has 0 aromatic heterocycles. The summed E-state index contributed by atoms with van der Waals surface area (Å²) in [5.41, 5.74) is 7.05. The highest BCUT2D eigenvalue weighted by Crippen LogP contribution is 2.27. The zero-order chi connectivity index (χ0) is 20.1. The number of carbonyl (C=O) groups excluding carboxylic acids is 2. The molecule has 2 N–H and O–H groups in total. The molecule has 0 spiro atoms. The van der Waals surface area contributed by atoms with Crippen LogP contribution < -0.4 is 5.73 Å². The van der Waals surface area contributed by atoms with E-state index in [4.69, 9.17) is 5.73 Å². The highest BCUT2D eigenvalue weighted by atomic mass is 16.2. The Morgan fingerprint density at radius 2 is 1.79 bits per heavy atom. The van der Waals surface area contributed by atoms with E-state index in [0.29, 0.717) is 32.1 Å². The number of hydrogen-bond donors (Lipinski definition) is 1. The normalized spacial score (nSPS) is 23.5. The molecule has 3 rings (SSSR count). The first-order valence-electron chi connectivity index (χ1n) is 10.5. The number of likely N-dealkylation sites (tertiary alicyclic amines) is 2. The Balaban J connectivity index is 1.51. The minimum Gasteiger partial charge on any atom is -0.338 e. The summed E-state index contributed by atoms with van der Waals surface area (Å²) in [7, 11) is 1.84. The lowest BCUT2D eigenvalue weighted by atomic mass is 9.89. The monoisotopic (exact) mass is 386 g/mol. The second kappa shape index (κ2) is 9.41. The summed E-state index contributed by atoms with van der Waals surface area (Å²) in [5, 5.41) is 0. The van der Waals surface area contributed by atoms with Gasteiger partial charge in [-0.15, -0.1) is 0 Å². The minimum absolute atomic E-state index is 0.0194. The molecule has 0 bridgehead atoms. The molecule has 2 heterocycles. The van der Waals surface area contributed by atoms with Gasteiger partial charge in [0, 0.05) is 51.7 Å². The maximum Gasteiger partial charge on any atom is 0.320 e. The van der Waals surface area contributed by atoms with E-state index in [1.807, 2.05) is 47.2 Å². The Labute approximate surface area is 168 Å². The molecule has 2 atom stereocenters. The van der Waals surface area contributed by atoms with Gasteiger partial charge in [-0.2, -0.15) is 0 Å². The number of rotatable bonds is 4. The fourth-order valence-corrected chi connectivity index (χ4v) is 4.48. The molecule has 0 aliphatic carbocycles. The van der Waals surface area contributed by atoms with E-state index in [0.717, 1.165) is 37.8 Å². The number of carbonyl (C=O) groups is 2. The summed E-state index contributed by atoms with van der Waals surface area (Å²) in [6.45, 7) is 5.49. The molecule has 2 fully saturated rings. The van der Waals surface area contributed by atoms with Crippen molar-refractivity contribution in [2.45, 2.75) is 45.2 Å². The maximum absolute atomic E-state index is 13.0. The zero-order valence-corrected chi connectivity index (χ0v) is 17.2. The molecule has 2 aliphatic rings. The van der Waals surface area contributed by atoms with E-state index in [2.05, 4.69) is 6.92 Å². The van der Waals surface area contributed by atoms with Gasteiger partial charge in [0.25, 0.3) is 0 Å². The largest absolute Gasteiger partial charge is 0.338 e. The average Bonchev–Trinajstić information content (AvgIpc) is 2.73. The number of nitrogens with zero attached hydrogens (tertiary/aromatic N) is 3. The molecule has 2 saturated heterocycles. The predicted molar refractivity (Wildman–Crippen MR) is 111 cm³/mol. The molecule has 0 radical (unpaired) electrons. The summed E-state index contributed by atoms with van der Waals surface area (Å²) in [5.74, 6) is 0.898. The highest BCUT2D eigenvalue weighted by Gasteiger charge is 2.35. The first-order chi connectivity index (χ1) is 13.5. The van der Waals surface area contributed by atoms with Crippen molar-refractivity contribution < 1.29 is 9.59 Å². The number of amides is 3. The van der Waals surface area contributed by atoms with Crippen LogP contribution in [0.4, 0.5) is 4.79 Å². The fraction of sp³-hybridized carbons (Fsp3) is 0.636.